The Hall–Kier alpha value is -1.16. The van der Waals surface area contributed by atoms with Gasteiger partial charge in [0.15, 0.2) is 0 Å². The Morgan fingerprint density at radius 1 is 1.11 bits per heavy atom. The number of benzene rings is 1. The third-order valence-corrected chi connectivity index (χ3v) is 3.91. The van der Waals surface area contributed by atoms with E-state index in [-0.39, 0.29) is 0 Å². The highest BCUT2D eigenvalue weighted by molar-refractivity contribution is 9.08. The molecule has 0 unspecified atom stereocenters. The van der Waals surface area contributed by atoms with E-state index < -0.39 is 0 Å². The number of aryl methyl sites for hydroxylation is 2. The summed E-state index contributed by atoms with van der Waals surface area (Å²) in [6.07, 6.45) is 0.833. The summed E-state index contributed by atoms with van der Waals surface area (Å²) in [5.74, 6) is 2.03. The predicted molar refractivity (Wildman–Crippen MR) is 81.8 cm³/mol. The molecular formula is C15H20BrN3. The van der Waals surface area contributed by atoms with Crippen molar-refractivity contribution >= 4 is 15.9 Å². The first-order valence-electron chi connectivity index (χ1n) is 6.57. The zero-order valence-corrected chi connectivity index (χ0v) is 13.5. The van der Waals surface area contributed by atoms with Gasteiger partial charge in [-0.25, -0.2) is 0 Å². The van der Waals surface area contributed by atoms with Crippen molar-refractivity contribution in [2.75, 3.05) is 0 Å². The molecule has 3 nitrogen and oxygen atoms in total. The van der Waals surface area contributed by atoms with Crippen LogP contribution in [0.15, 0.2) is 18.2 Å². The molecule has 2 rings (SSSR count). The normalized spacial score (nSPS) is 11.3. The fraction of sp³-hybridized carbons (Fsp3) is 0.467. The van der Waals surface area contributed by atoms with Gasteiger partial charge in [-0.3, -0.25) is 0 Å². The Balaban J connectivity index is 2.32. The number of hydrogen-bond acceptors (Lipinski definition) is 2. The molecule has 0 saturated heterocycles. The van der Waals surface area contributed by atoms with Crippen LogP contribution in [0.25, 0.3) is 0 Å². The molecule has 0 fully saturated rings. The highest BCUT2D eigenvalue weighted by Crippen LogP contribution is 2.18. The molecule has 4 heteroatoms. The van der Waals surface area contributed by atoms with Crippen molar-refractivity contribution < 1.29 is 0 Å². The first-order chi connectivity index (χ1) is 9.02. The van der Waals surface area contributed by atoms with E-state index in [1.165, 1.54) is 16.7 Å². The number of rotatable bonds is 4. The van der Waals surface area contributed by atoms with Crippen molar-refractivity contribution in [2.24, 2.45) is 0 Å². The fourth-order valence-corrected chi connectivity index (χ4v) is 2.65. The van der Waals surface area contributed by atoms with Crippen LogP contribution in [0.3, 0.4) is 0 Å². The maximum atomic E-state index is 4.34. The van der Waals surface area contributed by atoms with Crippen LogP contribution in [0.5, 0.6) is 0 Å². The lowest BCUT2D eigenvalue weighted by Gasteiger charge is -2.13. The molecule has 0 aliphatic carbocycles. The van der Waals surface area contributed by atoms with E-state index in [1.54, 1.807) is 0 Å². The monoisotopic (exact) mass is 321 g/mol. The summed E-state index contributed by atoms with van der Waals surface area (Å²) in [6.45, 7) is 8.62. The molecule has 1 aromatic heterocycles. The maximum Gasteiger partial charge on any atom is 0.143 e. The molecule has 0 aliphatic heterocycles. The predicted octanol–water partition coefficient (Wildman–Crippen LogP) is 3.96. The van der Waals surface area contributed by atoms with Crippen molar-refractivity contribution in [3.63, 3.8) is 0 Å². The quantitative estimate of drug-likeness (QED) is 0.798. The van der Waals surface area contributed by atoms with E-state index in [2.05, 4.69) is 76.6 Å². The average Bonchev–Trinajstić information content (AvgIpc) is 2.77. The van der Waals surface area contributed by atoms with Crippen molar-refractivity contribution in [2.45, 2.75) is 45.5 Å². The molecule has 0 N–H and O–H groups in total. The van der Waals surface area contributed by atoms with Gasteiger partial charge >= 0.3 is 0 Å². The lowest BCUT2D eigenvalue weighted by Crippen LogP contribution is -2.10. The highest BCUT2D eigenvalue weighted by atomic mass is 79.9. The molecule has 0 spiro atoms. The highest BCUT2D eigenvalue weighted by Gasteiger charge is 2.14. The van der Waals surface area contributed by atoms with Crippen LogP contribution in [-0.2, 0) is 11.8 Å². The van der Waals surface area contributed by atoms with E-state index in [9.17, 15) is 0 Å². The third kappa shape index (κ3) is 3.06. The minimum absolute atomic E-state index is 0.379. The molecule has 102 valence electrons. The summed E-state index contributed by atoms with van der Waals surface area (Å²) in [5.41, 5.74) is 3.95. The van der Waals surface area contributed by atoms with Crippen LogP contribution >= 0.6 is 15.9 Å². The molecular weight excluding hydrogens is 302 g/mol. The van der Waals surface area contributed by atoms with Gasteiger partial charge in [-0.1, -0.05) is 34.1 Å². The average molecular weight is 322 g/mol. The molecule has 0 aliphatic rings. The van der Waals surface area contributed by atoms with Gasteiger partial charge in [0.1, 0.15) is 11.6 Å². The molecule has 1 aromatic carbocycles. The summed E-state index contributed by atoms with van der Waals surface area (Å²) in [6, 6.07) is 6.97. The number of hydrogen-bond donors (Lipinski definition) is 0. The SMILES string of the molecule is Cc1ccc(Cc2nnc(CBr)n2C(C)C)cc1C. The van der Waals surface area contributed by atoms with Crippen molar-refractivity contribution in [3.05, 3.63) is 46.5 Å². The lowest BCUT2D eigenvalue weighted by molar-refractivity contribution is 0.558. The topological polar surface area (TPSA) is 30.7 Å². The van der Waals surface area contributed by atoms with Gasteiger partial charge in [0, 0.05) is 12.5 Å². The Labute approximate surface area is 123 Å². The minimum atomic E-state index is 0.379. The first-order valence-corrected chi connectivity index (χ1v) is 7.69. The summed E-state index contributed by atoms with van der Waals surface area (Å²) in [7, 11) is 0. The molecule has 0 bridgehead atoms. The maximum absolute atomic E-state index is 4.34. The Morgan fingerprint density at radius 3 is 2.37 bits per heavy atom. The van der Waals surface area contributed by atoms with Crippen LogP contribution in [-0.4, -0.2) is 14.8 Å². The second kappa shape index (κ2) is 5.87. The van der Waals surface area contributed by atoms with E-state index in [0.29, 0.717) is 6.04 Å². The molecule has 1 heterocycles. The van der Waals surface area contributed by atoms with Gasteiger partial charge in [0.25, 0.3) is 0 Å². The van der Waals surface area contributed by atoms with Crippen LogP contribution in [0.1, 0.15) is 48.2 Å². The summed E-state index contributed by atoms with van der Waals surface area (Å²) >= 11 is 3.47. The second-order valence-electron chi connectivity index (χ2n) is 5.23. The van der Waals surface area contributed by atoms with Gasteiger partial charge in [-0.15, -0.1) is 10.2 Å². The molecule has 19 heavy (non-hydrogen) atoms. The van der Waals surface area contributed by atoms with E-state index in [4.69, 9.17) is 0 Å². The van der Waals surface area contributed by atoms with Gasteiger partial charge in [0.2, 0.25) is 0 Å². The van der Waals surface area contributed by atoms with Crippen molar-refractivity contribution in [3.8, 4) is 0 Å². The van der Waals surface area contributed by atoms with E-state index in [1.807, 2.05) is 0 Å². The Bertz CT molecular complexity index is 573. The fourth-order valence-electron chi connectivity index (χ4n) is 2.26. The number of alkyl halides is 1. The van der Waals surface area contributed by atoms with Gasteiger partial charge in [-0.05, 0) is 44.4 Å². The second-order valence-corrected chi connectivity index (χ2v) is 5.79. The van der Waals surface area contributed by atoms with Gasteiger partial charge in [0.05, 0.1) is 5.33 Å². The minimum Gasteiger partial charge on any atom is -0.311 e. The molecule has 0 atom stereocenters. The summed E-state index contributed by atoms with van der Waals surface area (Å²) in [4.78, 5) is 0. The van der Waals surface area contributed by atoms with E-state index in [0.717, 1.165) is 23.4 Å². The first kappa shape index (κ1) is 14.3. The zero-order valence-electron chi connectivity index (χ0n) is 11.9. The van der Waals surface area contributed by atoms with Crippen LogP contribution in [0.2, 0.25) is 0 Å². The zero-order chi connectivity index (χ0) is 14.0. The smallest absolute Gasteiger partial charge is 0.143 e. The van der Waals surface area contributed by atoms with Crippen molar-refractivity contribution in [1.82, 2.24) is 14.8 Å². The van der Waals surface area contributed by atoms with Gasteiger partial charge < -0.3 is 4.57 Å². The van der Waals surface area contributed by atoms with Crippen LogP contribution in [0, 0.1) is 13.8 Å². The van der Waals surface area contributed by atoms with Crippen molar-refractivity contribution in [1.29, 1.82) is 0 Å². The lowest BCUT2D eigenvalue weighted by atomic mass is 10.0. The van der Waals surface area contributed by atoms with E-state index >= 15 is 0 Å². The number of nitrogens with zero attached hydrogens (tertiary/aromatic N) is 3. The molecule has 0 amide bonds. The standard InChI is InChI=1S/C15H20BrN3/c1-10(2)19-14(17-18-15(19)9-16)8-13-6-5-11(3)12(4)7-13/h5-7,10H,8-9H2,1-4H3. The summed E-state index contributed by atoms with van der Waals surface area (Å²) in [5, 5.41) is 9.34. The third-order valence-electron chi connectivity index (χ3n) is 3.41. The molecule has 0 radical (unpaired) electrons. The van der Waals surface area contributed by atoms with Gasteiger partial charge in [-0.2, -0.15) is 0 Å². The molecule has 0 saturated carbocycles. The Kier molecular flexibility index (Phi) is 4.40. The number of aromatic nitrogens is 3. The van der Waals surface area contributed by atoms with Crippen LogP contribution < -0.4 is 0 Å². The Morgan fingerprint density at radius 2 is 1.79 bits per heavy atom. The largest absolute Gasteiger partial charge is 0.311 e. The molecule has 2 aromatic rings. The summed E-state index contributed by atoms with van der Waals surface area (Å²) < 4.78 is 2.21. The van der Waals surface area contributed by atoms with Crippen LogP contribution in [0.4, 0.5) is 0 Å². The number of halogens is 1.